The number of ether oxygens (including phenoxy) is 1. The van der Waals surface area contributed by atoms with Gasteiger partial charge in [-0.3, -0.25) is 9.59 Å². The van der Waals surface area contributed by atoms with Crippen molar-refractivity contribution in [3.8, 4) is 16.9 Å². The van der Waals surface area contributed by atoms with E-state index in [4.69, 9.17) is 21.0 Å². The lowest BCUT2D eigenvalue weighted by Gasteiger charge is -2.51. The summed E-state index contributed by atoms with van der Waals surface area (Å²) in [5, 5.41) is 28.3. The van der Waals surface area contributed by atoms with Crippen LogP contribution in [0.15, 0.2) is 41.1 Å². The van der Waals surface area contributed by atoms with Gasteiger partial charge in [0.25, 0.3) is 17.4 Å². The van der Waals surface area contributed by atoms with Crippen molar-refractivity contribution in [2.24, 2.45) is 17.9 Å². The molecule has 1 aromatic carbocycles. The van der Waals surface area contributed by atoms with Gasteiger partial charge >= 0.3 is 5.97 Å². The Bertz CT molecular complexity index is 1960. The number of carboxylic acid groups (broad SMARTS) is 1. The van der Waals surface area contributed by atoms with Crippen LogP contribution in [0.5, 0.6) is 5.75 Å². The Labute approximate surface area is 289 Å². The lowest BCUT2D eigenvalue weighted by molar-refractivity contribution is -0.754. The summed E-state index contributed by atoms with van der Waals surface area (Å²) in [7, 11) is -3.44. The van der Waals surface area contributed by atoms with Gasteiger partial charge < -0.3 is 41.1 Å². The van der Waals surface area contributed by atoms with Crippen LogP contribution in [0.3, 0.4) is 0 Å². The van der Waals surface area contributed by atoms with Crippen LogP contribution in [0.2, 0.25) is 0 Å². The maximum Gasteiger partial charge on any atom is 0.354 e. The number of fused-ring (bicyclic) bond motifs is 1. The van der Waals surface area contributed by atoms with Crippen LogP contribution < -0.4 is 26.2 Å². The summed E-state index contributed by atoms with van der Waals surface area (Å²) in [6.45, 7) is 4.36. The number of benzene rings is 1. The number of carboxylic acids is 1. The minimum absolute atomic E-state index is 0.0480. The Morgan fingerprint density at radius 1 is 1.36 bits per heavy atom. The zero-order chi connectivity index (χ0) is 36.8. The van der Waals surface area contributed by atoms with Gasteiger partial charge in [0.05, 0.1) is 23.4 Å². The zero-order valence-corrected chi connectivity index (χ0v) is 28.9. The Morgan fingerprint density at radius 2 is 2.08 bits per heavy atom. The molecule has 0 bridgehead atoms. The minimum atomic E-state index is -5.28. The minimum Gasteiger partial charge on any atom is -0.724 e. The number of nitrogens with zero attached hydrogens (tertiary/aromatic N) is 5. The fourth-order valence-corrected chi connectivity index (χ4v) is 6.53. The highest BCUT2D eigenvalue weighted by Crippen LogP contribution is 2.37. The van der Waals surface area contributed by atoms with Crippen LogP contribution in [-0.2, 0) is 53.9 Å². The number of carbonyl (C=O) groups excluding carboxylic acids is 2. The molecule has 1 saturated heterocycles. The number of β-lactam (4-membered cyclic amide) rings is 1. The second kappa shape index (κ2) is 13.6. The summed E-state index contributed by atoms with van der Waals surface area (Å²) in [6, 6.07) is 4.09. The molecular formula is C29H36N8O11S2. The highest BCUT2D eigenvalue weighted by molar-refractivity contribution is 7.80. The third-order valence-corrected chi connectivity index (χ3v) is 9.50. The molecule has 19 nitrogen and oxygen atoms in total. The summed E-state index contributed by atoms with van der Waals surface area (Å²) in [6.07, 6.45) is 2.61. The largest absolute Gasteiger partial charge is 0.724 e. The first-order valence-corrected chi connectivity index (χ1v) is 17.3. The number of hydrogen-bond acceptors (Lipinski definition) is 15. The second-order valence-corrected chi connectivity index (χ2v) is 14.3. The van der Waals surface area contributed by atoms with Gasteiger partial charge in [0.1, 0.15) is 24.0 Å². The molecular weight excluding hydrogens is 700 g/mol. The number of nitrogens with one attached hydrogen (secondary N) is 1. The van der Waals surface area contributed by atoms with Gasteiger partial charge in [0, 0.05) is 11.9 Å². The van der Waals surface area contributed by atoms with Crippen molar-refractivity contribution in [3.63, 3.8) is 0 Å². The number of amides is 2. The highest BCUT2D eigenvalue weighted by Gasteiger charge is 2.57. The monoisotopic (exact) mass is 736 g/mol. The molecule has 2 unspecified atom stereocenters. The first kappa shape index (κ1) is 36.6. The highest BCUT2D eigenvalue weighted by atomic mass is 32.3. The third-order valence-electron chi connectivity index (χ3n) is 8.49. The van der Waals surface area contributed by atoms with E-state index in [-0.39, 0.29) is 23.8 Å². The van der Waals surface area contributed by atoms with Gasteiger partial charge in [-0.15, -0.1) is 16.0 Å². The Morgan fingerprint density at radius 3 is 2.68 bits per heavy atom. The number of nitrogen functional groups attached to an aromatic ring is 1. The average molecular weight is 737 g/mol. The SMILES string of the molecule is C[n+]1cc(-c2ccc3c(c2)CC[C@H](C(C)(O/N=C(\C(=O)N[C@@H]2C(=O)N(OS(=O)(=O)[O-])C2(C)C)c2csc(N)n2)C(=O)O)O3)cn1CC(O)CN. The predicted octanol–water partition coefficient (Wildman–Crippen LogP) is -1.21. The van der Waals surface area contributed by atoms with E-state index in [9.17, 15) is 37.6 Å². The van der Waals surface area contributed by atoms with Gasteiger partial charge in [-0.25, -0.2) is 18.2 Å². The number of hydroxylamine groups is 2. The number of aliphatic hydroxyl groups excluding tert-OH is 1. The van der Waals surface area contributed by atoms with E-state index in [2.05, 4.69) is 19.7 Å². The molecule has 50 heavy (non-hydrogen) atoms. The summed E-state index contributed by atoms with van der Waals surface area (Å²) in [5.74, 6) is -3.10. The molecule has 0 aliphatic carbocycles. The molecule has 5 rings (SSSR count). The van der Waals surface area contributed by atoms with Crippen molar-refractivity contribution in [1.82, 2.24) is 20.0 Å². The fourth-order valence-electron chi connectivity index (χ4n) is 5.53. The zero-order valence-electron chi connectivity index (χ0n) is 27.3. The van der Waals surface area contributed by atoms with E-state index in [1.165, 1.54) is 26.2 Å². The van der Waals surface area contributed by atoms with Gasteiger partial charge in [-0.1, -0.05) is 11.2 Å². The summed E-state index contributed by atoms with van der Waals surface area (Å²) in [5.41, 5.74) is 9.64. The molecule has 2 amide bonds. The number of thiazole rings is 1. The molecule has 7 N–H and O–H groups in total. The van der Waals surface area contributed by atoms with Gasteiger partial charge in [0.2, 0.25) is 16.6 Å². The number of rotatable bonds is 13. The molecule has 2 aliphatic heterocycles. The number of nitrogens with two attached hydrogens (primary N) is 2. The van der Waals surface area contributed by atoms with Crippen LogP contribution in [0.1, 0.15) is 38.4 Å². The quantitative estimate of drug-likeness (QED) is 0.0344. The first-order valence-electron chi connectivity index (χ1n) is 15.1. The van der Waals surface area contributed by atoms with Crippen molar-refractivity contribution >= 4 is 50.4 Å². The Balaban J connectivity index is 1.36. The van der Waals surface area contributed by atoms with Crippen LogP contribution in [0.25, 0.3) is 11.1 Å². The predicted molar refractivity (Wildman–Crippen MR) is 173 cm³/mol. The maximum absolute atomic E-state index is 13.5. The maximum atomic E-state index is 13.5. The molecule has 21 heteroatoms. The first-order chi connectivity index (χ1) is 23.3. The van der Waals surface area contributed by atoms with Crippen LogP contribution in [0.4, 0.5) is 5.13 Å². The molecule has 4 heterocycles. The van der Waals surface area contributed by atoms with Gasteiger partial charge in [-0.05, 0) is 56.9 Å². The van der Waals surface area contributed by atoms with E-state index in [1.807, 2.05) is 40.9 Å². The Kier molecular flexibility index (Phi) is 9.93. The van der Waals surface area contributed by atoms with Crippen molar-refractivity contribution in [2.75, 3.05) is 12.3 Å². The molecule has 2 aromatic heterocycles. The number of aromatic nitrogens is 3. The standard InChI is InChI=1S/C29H36N8O11S2/c1-28(2)23(25(40)37(28)48-50(43,44)45)33-24(39)22(19-14-49-27(31)32-19)34-47-29(3,26(41)42)21-8-6-16-9-15(5-7-20(16)46-21)17-11-35(4)36(12-17)13-18(38)10-30/h5,7,9,11-12,14,18,21,23,38H,6,8,10,13,30H2,1-4H3,(H4-,31,32,33,39,41,42,43,44,45)/b34-22-/t18?,21-,23-,29?/m1/s1. The number of anilines is 1. The topological polar surface area (TPSA) is 278 Å². The Hall–Kier alpha value is -4.67. The summed E-state index contributed by atoms with van der Waals surface area (Å²) in [4.78, 5) is 48.3. The number of aliphatic carboxylic acids is 1. The molecule has 1 fully saturated rings. The molecule has 4 atom stereocenters. The van der Waals surface area contributed by atoms with E-state index >= 15 is 0 Å². The molecule has 2 aliphatic rings. The van der Waals surface area contributed by atoms with Crippen LogP contribution in [0, 0.1) is 0 Å². The smallest absolute Gasteiger partial charge is 0.354 e. The lowest BCUT2D eigenvalue weighted by atomic mass is 9.84. The number of aryl methyl sites for hydroxylation is 2. The number of oxime groups is 1. The van der Waals surface area contributed by atoms with Crippen molar-refractivity contribution in [3.05, 3.63) is 47.2 Å². The number of carbonyl (C=O) groups is 3. The summed E-state index contributed by atoms with van der Waals surface area (Å²) >= 11 is 0.955. The van der Waals surface area contributed by atoms with Gasteiger partial charge in [-0.2, -0.15) is 14.0 Å². The van der Waals surface area contributed by atoms with Crippen molar-refractivity contribution < 1.29 is 56.1 Å². The average Bonchev–Trinajstić information content (AvgIpc) is 3.65. The third kappa shape index (κ3) is 7.27. The lowest BCUT2D eigenvalue weighted by Crippen LogP contribution is -2.76. The van der Waals surface area contributed by atoms with Crippen LogP contribution >= 0.6 is 11.3 Å². The van der Waals surface area contributed by atoms with Crippen molar-refractivity contribution in [1.29, 1.82) is 0 Å². The molecule has 270 valence electrons. The normalized spacial score (nSPS) is 20.6. The number of hydrogen-bond donors (Lipinski definition) is 5. The second-order valence-electron chi connectivity index (χ2n) is 12.5. The van der Waals surface area contributed by atoms with Gasteiger partial charge in [0.15, 0.2) is 24.0 Å². The molecule has 0 spiro atoms. The van der Waals surface area contributed by atoms with E-state index in [0.29, 0.717) is 23.8 Å². The molecule has 0 radical (unpaired) electrons. The fraction of sp³-hybridized carbons (Fsp3) is 0.448. The molecule has 0 saturated carbocycles. The van der Waals surface area contributed by atoms with E-state index < -0.39 is 63.3 Å². The van der Waals surface area contributed by atoms with E-state index in [0.717, 1.165) is 28.0 Å². The summed E-state index contributed by atoms with van der Waals surface area (Å²) < 4.78 is 47.2. The number of aliphatic hydroxyl groups is 1. The van der Waals surface area contributed by atoms with Crippen molar-refractivity contribution in [2.45, 2.75) is 69.5 Å². The molecule has 3 aromatic rings. The van der Waals surface area contributed by atoms with E-state index in [1.54, 1.807) is 6.07 Å². The van der Waals surface area contributed by atoms with Crippen LogP contribution in [-0.4, -0.2) is 97.3 Å².